The first kappa shape index (κ1) is 9.44. The maximum atomic E-state index is 12.0. The lowest BCUT2D eigenvalue weighted by Crippen LogP contribution is -2.31. The Morgan fingerprint density at radius 2 is 2.27 bits per heavy atom. The van der Waals surface area contributed by atoms with Crippen molar-refractivity contribution in [1.82, 2.24) is 0 Å². The maximum absolute atomic E-state index is 12.0. The maximum Gasteiger partial charge on any atom is 0.311 e. The predicted molar refractivity (Wildman–Crippen MR) is 57.1 cm³/mol. The minimum absolute atomic E-state index is 0.0402. The van der Waals surface area contributed by atoms with Crippen LogP contribution < -0.4 is 0 Å². The summed E-state index contributed by atoms with van der Waals surface area (Å²) in [6.45, 7) is 2.23. The van der Waals surface area contributed by atoms with Crippen LogP contribution in [0, 0.1) is 23.2 Å². The molecule has 0 aliphatic heterocycles. The van der Waals surface area contributed by atoms with E-state index in [9.17, 15) is 4.79 Å². The Morgan fingerprint density at radius 1 is 1.47 bits per heavy atom. The van der Waals surface area contributed by atoms with Crippen LogP contribution in [0.4, 0.5) is 0 Å². The number of hydrogen-bond donors (Lipinski definition) is 0. The van der Waals surface area contributed by atoms with Crippen molar-refractivity contribution in [2.24, 2.45) is 23.2 Å². The van der Waals surface area contributed by atoms with Crippen LogP contribution in [-0.4, -0.2) is 13.1 Å². The molecule has 3 rings (SSSR count). The molecule has 3 aliphatic rings. The fourth-order valence-corrected chi connectivity index (χ4v) is 4.12. The zero-order valence-corrected chi connectivity index (χ0v) is 9.45. The summed E-state index contributed by atoms with van der Waals surface area (Å²) in [5.41, 5.74) is 1.48. The lowest BCUT2D eigenvalue weighted by molar-refractivity contribution is -0.153. The second-order valence-corrected chi connectivity index (χ2v) is 5.67. The number of methoxy groups -OCH3 is 1. The van der Waals surface area contributed by atoms with Gasteiger partial charge in [-0.1, -0.05) is 18.6 Å². The van der Waals surface area contributed by atoms with Gasteiger partial charge in [0.2, 0.25) is 0 Å². The summed E-state index contributed by atoms with van der Waals surface area (Å²) in [6.07, 6.45) is 6.78. The van der Waals surface area contributed by atoms with E-state index in [4.69, 9.17) is 4.74 Å². The van der Waals surface area contributed by atoms with E-state index in [-0.39, 0.29) is 11.4 Å². The Hall–Kier alpha value is -0.790. The first-order valence-electron chi connectivity index (χ1n) is 5.94. The van der Waals surface area contributed by atoms with Crippen LogP contribution in [0.25, 0.3) is 0 Å². The summed E-state index contributed by atoms with van der Waals surface area (Å²) in [4.78, 5) is 12.0. The first-order valence-corrected chi connectivity index (χ1v) is 5.94. The van der Waals surface area contributed by atoms with Gasteiger partial charge in [0.25, 0.3) is 0 Å². The van der Waals surface area contributed by atoms with Crippen molar-refractivity contribution < 1.29 is 9.53 Å². The van der Waals surface area contributed by atoms with Crippen molar-refractivity contribution in [2.45, 2.75) is 32.6 Å². The summed E-state index contributed by atoms with van der Waals surface area (Å²) in [7, 11) is 1.53. The second-order valence-electron chi connectivity index (χ2n) is 5.67. The Labute approximate surface area is 90.7 Å². The van der Waals surface area contributed by atoms with Gasteiger partial charge in [-0.2, -0.15) is 0 Å². The molecule has 2 nitrogen and oxygen atoms in total. The van der Waals surface area contributed by atoms with Gasteiger partial charge in [-0.25, -0.2) is 0 Å². The molecule has 4 unspecified atom stereocenters. The summed E-state index contributed by atoms with van der Waals surface area (Å²) in [5.74, 6) is 2.08. The van der Waals surface area contributed by atoms with E-state index >= 15 is 0 Å². The van der Waals surface area contributed by atoms with Gasteiger partial charge < -0.3 is 4.74 Å². The normalized spacial score (nSPS) is 46.5. The Morgan fingerprint density at radius 3 is 3.00 bits per heavy atom. The number of carbonyl (C=O) groups excluding carboxylic acids is 1. The van der Waals surface area contributed by atoms with Crippen molar-refractivity contribution >= 4 is 5.97 Å². The summed E-state index contributed by atoms with van der Waals surface area (Å²) >= 11 is 0. The highest BCUT2D eigenvalue weighted by molar-refractivity contribution is 5.78. The number of hydrogen-bond acceptors (Lipinski definition) is 2. The van der Waals surface area contributed by atoms with Crippen LogP contribution in [0.2, 0.25) is 0 Å². The Kier molecular flexibility index (Phi) is 1.80. The van der Waals surface area contributed by atoms with Gasteiger partial charge in [0.05, 0.1) is 12.5 Å². The molecule has 0 aromatic carbocycles. The van der Waals surface area contributed by atoms with E-state index in [1.54, 1.807) is 5.57 Å². The molecule has 0 aromatic rings. The highest BCUT2D eigenvalue weighted by Crippen LogP contribution is 2.62. The molecule has 0 heterocycles. The molecule has 2 bridgehead atoms. The molecule has 2 saturated carbocycles. The third-order valence-corrected chi connectivity index (χ3v) is 4.64. The van der Waals surface area contributed by atoms with Crippen molar-refractivity contribution in [3.63, 3.8) is 0 Å². The SMILES string of the molecule is COC(=O)C12CC(C)C=C3CC(C1)C3C2. The standard InChI is InChI=1S/C13H18O2/c1-8-3-9-4-10-6-13(5-8,7-11(9)10)12(14)15-2/h3,8,10-11H,4-7H2,1-2H3. The van der Waals surface area contributed by atoms with Crippen LogP contribution in [0.15, 0.2) is 11.6 Å². The van der Waals surface area contributed by atoms with Gasteiger partial charge in [-0.05, 0) is 43.4 Å². The van der Waals surface area contributed by atoms with Crippen LogP contribution >= 0.6 is 0 Å². The van der Waals surface area contributed by atoms with Gasteiger partial charge >= 0.3 is 5.97 Å². The number of carbonyl (C=O) groups is 1. The van der Waals surface area contributed by atoms with E-state index in [0.29, 0.717) is 11.8 Å². The summed E-state index contributed by atoms with van der Waals surface area (Å²) in [5, 5.41) is 0. The number of ether oxygens (including phenoxy) is 1. The molecule has 3 aliphatic carbocycles. The molecular weight excluding hydrogens is 188 g/mol. The average Bonchev–Trinajstić information content (AvgIpc) is 2.41. The number of rotatable bonds is 1. The fourth-order valence-electron chi connectivity index (χ4n) is 4.12. The largest absolute Gasteiger partial charge is 0.469 e. The Bertz CT molecular complexity index is 344. The predicted octanol–water partition coefficient (Wildman–Crippen LogP) is 2.54. The van der Waals surface area contributed by atoms with Gasteiger partial charge in [-0.3, -0.25) is 4.79 Å². The van der Waals surface area contributed by atoms with Gasteiger partial charge in [0, 0.05) is 0 Å². The molecule has 0 radical (unpaired) electrons. The zero-order valence-electron chi connectivity index (χ0n) is 9.45. The highest BCUT2D eigenvalue weighted by Gasteiger charge is 2.57. The number of esters is 1. The third kappa shape index (κ3) is 1.14. The topological polar surface area (TPSA) is 26.3 Å². The van der Waals surface area contributed by atoms with Gasteiger partial charge in [-0.15, -0.1) is 0 Å². The smallest absolute Gasteiger partial charge is 0.311 e. The molecular formula is C13H18O2. The molecule has 0 spiro atoms. The van der Waals surface area contributed by atoms with E-state index in [1.807, 2.05) is 0 Å². The second kappa shape index (κ2) is 2.87. The van der Waals surface area contributed by atoms with Crippen molar-refractivity contribution in [3.8, 4) is 0 Å². The minimum atomic E-state index is -0.141. The molecule has 82 valence electrons. The third-order valence-electron chi connectivity index (χ3n) is 4.64. The van der Waals surface area contributed by atoms with E-state index in [1.165, 1.54) is 13.5 Å². The molecule has 15 heavy (non-hydrogen) atoms. The van der Waals surface area contributed by atoms with E-state index < -0.39 is 0 Å². The van der Waals surface area contributed by atoms with E-state index in [2.05, 4.69) is 13.0 Å². The Balaban J connectivity index is 1.96. The van der Waals surface area contributed by atoms with Crippen molar-refractivity contribution in [1.29, 1.82) is 0 Å². The highest BCUT2D eigenvalue weighted by atomic mass is 16.5. The summed E-state index contributed by atoms with van der Waals surface area (Å²) < 4.78 is 5.02. The molecule has 4 atom stereocenters. The molecule has 0 amide bonds. The average molecular weight is 206 g/mol. The van der Waals surface area contributed by atoms with Crippen molar-refractivity contribution in [3.05, 3.63) is 11.6 Å². The lowest BCUT2D eigenvalue weighted by atomic mass is 9.69. The number of fused-ring (bicyclic) bond motifs is 1. The van der Waals surface area contributed by atoms with Gasteiger partial charge in [0.15, 0.2) is 0 Å². The minimum Gasteiger partial charge on any atom is -0.469 e. The van der Waals surface area contributed by atoms with Crippen LogP contribution in [0.3, 0.4) is 0 Å². The van der Waals surface area contributed by atoms with Crippen LogP contribution in [-0.2, 0) is 9.53 Å². The molecule has 0 aromatic heterocycles. The quantitative estimate of drug-likeness (QED) is 0.487. The zero-order chi connectivity index (χ0) is 10.6. The van der Waals surface area contributed by atoms with E-state index in [0.717, 1.165) is 25.2 Å². The van der Waals surface area contributed by atoms with Crippen LogP contribution in [0.1, 0.15) is 32.6 Å². The monoisotopic (exact) mass is 206 g/mol. The number of allylic oxidation sites excluding steroid dienone is 2. The molecule has 2 heteroatoms. The first-order chi connectivity index (χ1) is 7.14. The van der Waals surface area contributed by atoms with Crippen molar-refractivity contribution in [2.75, 3.05) is 7.11 Å². The fraction of sp³-hybridized carbons (Fsp3) is 0.769. The van der Waals surface area contributed by atoms with Gasteiger partial charge in [0.1, 0.15) is 0 Å². The molecule has 0 saturated heterocycles. The molecule has 2 fully saturated rings. The molecule has 0 N–H and O–H groups in total. The lowest BCUT2D eigenvalue weighted by Gasteiger charge is -2.35. The van der Waals surface area contributed by atoms with Crippen LogP contribution in [0.5, 0.6) is 0 Å². The summed E-state index contributed by atoms with van der Waals surface area (Å²) in [6, 6.07) is 0.